The Balaban J connectivity index is 2.27. The minimum absolute atomic E-state index is 0.218. The largest absolute Gasteiger partial charge is 0.478 e. The molecule has 2 nitrogen and oxygen atoms in total. The van der Waals surface area contributed by atoms with Crippen molar-refractivity contribution in [2.45, 2.75) is 0 Å². The average Bonchev–Trinajstić information content (AvgIpc) is 2.48. The zero-order valence-electron chi connectivity index (χ0n) is 10.5. The van der Waals surface area contributed by atoms with E-state index in [1.165, 1.54) is 12.1 Å². The standard InChI is InChI=1S/C17H11FO2/c18-16-9-8-13(14-6-1-2-7-15(14)16)11-4-3-5-12(10-11)17(19)20/h1-10H,(H,19,20). The molecule has 0 radical (unpaired) electrons. The molecule has 0 saturated carbocycles. The van der Waals surface area contributed by atoms with Crippen LogP contribution in [0.25, 0.3) is 21.9 Å². The quantitative estimate of drug-likeness (QED) is 0.749. The maximum Gasteiger partial charge on any atom is 0.335 e. The summed E-state index contributed by atoms with van der Waals surface area (Å²) in [6.07, 6.45) is 0. The smallest absolute Gasteiger partial charge is 0.335 e. The van der Waals surface area contributed by atoms with Gasteiger partial charge in [0, 0.05) is 5.39 Å². The molecular formula is C17H11FO2. The van der Waals surface area contributed by atoms with E-state index in [1.54, 1.807) is 30.3 Å². The lowest BCUT2D eigenvalue weighted by Gasteiger charge is -2.08. The number of hydrogen-bond donors (Lipinski definition) is 1. The van der Waals surface area contributed by atoms with Crippen LogP contribution in [-0.2, 0) is 0 Å². The minimum Gasteiger partial charge on any atom is -0.478 e. The third kappa shape index (κ3) is 2.03. The number of halogens is 1. The molecule has 3 aromatic carbocycles. The maximum absolute atomic E-state index is 13.8. The van der Waals surface area contributed by atoms with Gasteiger partial charge in [0.15, 0.2) is 0 Å². The van der Waals surface area contributed by atoms with Crippen LogP contribution in [0.2, 0.25) is 0 Å². The summed E-state index contributed by atoms with van der Waals surface area (Å²) in [5.74, 6) is -1.25. The lowest BCUT2D eigenvalue weighted by atomic mass is 9.97. The molecule has 0 aromatic heterocycles. The number of benzene rings is 3. The van der Waals surface area contributed by atoms with E-state index in [2.05, 4.69) is 0 Å². The molecule has 0 bridgehead atoms. The van der Waals surface area contributed by atoms with Crippen LogP contribution in [0.3, 0.4) is 0 Å². The summed E-state index contributed by atoms with van der Waals surface area (Å²) in [6.45, 7) is 0. The highest BCUT2D eigenvalue weighted by molar-refractivity contribution is 5.98. The summed E-state index contributed by atoms with van der Waals surface area (Å²) >= 11 is 0. The Kier molecular flexibility index (Phi) is 2.95. The van der Waals surface area contributed by atoms with E-state index < -0.39 is 5.97 Å². The monoisotopic (exact) mass is 266 g/mol. The molecule has 0 amide bonds. The first-order valence-electron chi connectivity index (χ1n) is 6.18. The molecule has 98 valence electrons. The summed E-state index contributed by atoms with van der Waals surface area (Å²) in [6, 6.07) is 16.9. The Morgan fingerprint density at radius 2 is 1.65 bits per heavy atom. The van der Waals surface area contributed by atoms with Gasteiger partial charge in [-0.05, 0) is 34.7 Å². The van der Waals surface area contributed by atoms with Gasteiger partial charge >= 0.3 is 5.97 Å². The van der Waals surface area contributed by atoms with Crippen LogP contribution in [0.15, 0.2) is 60.7 Å². The summed E-state index contributed by atoms with van der Waals surface area (Å²) in [5, 5.41) is 10.4. The molecule has 3 heteroatoms. The molecule has 3 rings (SSSR count). The van der Waals surface area contributed by atoms with Gasteiger partial charge in [0.05, 0.1) is 5.56 Å². The Morgan fingerprint density at radius 3 is 2.40 bits per heavy atom. The summed E-state index contributed by atoms with van der Waals surface area (Å²) in [5.41, 5.74) is 1.81. The van der Waals surface area contributed by atoms with Crippen molar-refractivity contribution >= 4 is 16.7 Å². The van der Waals surface area contributed by atoms with E-state index in [9.17, 15) is 9.18 Å². The van der Waals surface area contributed by atoms with Crippen molar-refractivity contribution in [2.75, 3.05) is 0 Å². The SMILES string of the molecule is O=C(O)c1cccc(-c2ccc(F)c3ccccc23)c1. The number of hydrogen-bond acceptors (Lipinski definition) is 1. The average molecular weight is 266 g/mol. The molecule has 20 heavy (non-hydrogen) atoms. The number of rotatable bonds is 2. The van der Waals surface area contributed by atoms with Gasteiger partial charge in [-0.15, -0.1) is 0 Å². The molecule has 0 fully saturated rings. The van der Waals surface area contributed by atoms with Crippen molar-refractivity contribution in [1.82, 2.24) is 0 Å². The highest BCUT2D eigenvalue weighted by Gasteiger charge is 2.09. The van der Waals surface area contributed by atoms with Crippen molar-refractivity contribution < 1.29 is 14.3 Å². The molecular weight excluding hydrogens is 255 g/mol. The molecule has 0 aliphatic heterocycles. The number of carboxylic acid groups (broad SMARTS) is 1. The second-order valence-electron chi connectivity index (χ2n) is 4.53. The third-order valence-corrected chi connectivity index (χ3v) is 3.29. The molecule has 0 unspecified atom stereocenters. The second-order valence-corrected chi connectivity index (χ2v) is 4.53. The first kappa shape index (κ1) is 12.4. The van der Waals surface area contributed by atoms with E-state index in [4.69, 9.17) is 5.11 Å². The Morgan fingerprint density at radius 1 is 0.900 bits per heavy atom. The summed E-state index contributed by atoms with van der Waals surface area (Å²) < 4.78 is 13.8. The number of carbonyl (C=O) groups is 1. The van der Waals surface area contributed by atoms with Gasteiger partial charge in [0.25, 0.3) is 0 Å². The van der Waals surface area contributed by atoms with Gasteiger partial charge in [-0.25, -0.2) is 9.18 Å². The van der Waals surface area contributed by atoms with Gasteiger partial charge in [-0.3, -0.25) is 0 Å². The third-order valence-electron chi connectivity index (χ3n) is 3.29. The van der Waals surface area contributed by atoms with E-state index in [-0.39, 0.29) is 11.4 Å². The Bertz CT molecular complexity index is 809. The first-order chi connectivity index (χ1) is 9.66. The lowest BCUT2D eigenvalue weighted by molar-refractivity contribution is 0.0697. The maximum atomic E-state index is 13.8. The van der Waals surface area contributed by atoms with Crippen LogP contribution in [0.5, 0.6) is 0 Å². The zero-order valence-corrected chi connectivity index (χ0v) is 10.5. The van der Waals surface area contributed by atoms with Crippen molar-refractivity contribution in [3.05, 3.63) is 72.0 Å². The van der Waals surface area contributed by atoms with Gasteiger partial charge < -0.3 is 5.11 Å². The molecule has 0 saturated heterocycles. The number of aromatic carboxylic acids is 1. The predicted molar refractivity (Wildman–Crippen MR) is 76.3 cm³/mol. The minimum atomic E-state index is -0.974. The highest BCUT2D eigenvalue weighted by atomic mass is 19.1. The topological polar surface area (TPSA) is 37.3 Å². The summed E-state index contributed by atoms with van der Waals surface area (Å²) in [7, 11) is 0. The van der Waals surface area contributed by atoms with Crippen LogP contribution in [0, 0.1) is 5.82 Å². The fourth-order valence-corrected chi connectivity index (χ4v) is 2.33. The predicted octanol–water partition coefficient (Wildman–Crippen LogP) is 4.34. The van der Waals surface area contributed by atoms with E-state index >= 15 is 0 Å². The highest BCUT2D eigenvalue weighted by Crippen LogP contribution is 2.30. The Labute approximate surface area is 115 Å². The van der Waals surface area contributed by atoms with Gasteiger partial charge in [-0.2, -0.15) is 0 Å². The molecule has 0 heterocycles. The fraction of sp³-hybridized carbons (Fsp3) is 0. The van der Waals surface area contributed by atoms with E-state index in [0.29, 0.717) is 5.39 Å². The lowest BCUT2D eigenvalue weighted by Crippen LogP contribution is -1.96. The fourth-order valence-electron chi connectivity index (χ4n) is 2.33. The summed E-state index contributed by atoms with van der Waals surface area (Å²) in [4.78, 5) is 11.0. The van der Waals surface area contributed by atoms with Crippen LogP contribution >= 0.6 is 0 Å². The van der Waals surface area contributed by atoms with E-state index in [1.807, 2.05) is 18.2 Å². The first-order valence-corrected chi connectivity index (χ1v) is 6.18. The van der Waals surface area contributed by atoms with Crippen molar-refractivity contribution in [3.8, 4) is 11.1 Å². The molecule has 0 aliphatic rings. The van der Waals surface area contributed by atoms with Crippen molar-refractivity contribution in [2.24, 2.45) is 0 Å². The van der Waals surface area contributed by atoms with Crippen molar-refractivity contribution in [3.63, 3.8) is 0 Å². The van der Waals surface area contributed by atoms with Gasteiger partial charge in [0.1, 0.15) is 5.82 Å². The van der Waals surface area contributed by atoms with Crippen LogP contribution in [0.4, 0.5) is 4.39 Å². The van der Waals surface area contributed by atoms with Crippen molar-refractivity contribution in [1.29, 1.82) is 0 Å². The molecule has 0 aliphatic carbocycles. The molecule has 1 N–H and O–H groups in total. The van der Waals surface area contributed by atoms with Crippen LogP contribution in [0.1, 0.15) is 10.4 Å². The molecule has 3 aromatic rings. The second kappa shape index (κ2) is 4.78. The number of carboxylic acids is 1. The van der Waals surface area contributed by atoms with Crippen LogP contribution < -0.4 is 0 Å². The van der Waals surface area contributed by atoms with Crippen LogP contribution in [-0.4, -0.2) is 11.1 Å². The normalized spacial score (nSPS) is 10.7. The van der Waals surface area contributed by atoms with Gasteiger partial charge in [0.2, 0.25) is 0 Å². The molecule has 0 spiro atoms. The van der Waals surface area contributed by atoms with Gasteiger partial charge in [-0.1, -0.05) is 42.5 Å². The zero-order chi connectivity index (χ0) is 14.1. The molecule has 0 atom stereocenters. The number of fused-ring (bicyclic) bond motifs is 1. The van der Waals surface area contributed by atoms with E-state index in [0.717, 1.165) is 16.5 Å². The Hall–Kier alpha value is -2.68.